The van der Waals surface area contributed by atoms with Crippen LogP contribution in [0.4, 0.5) is 18.0 Å². The maximum Gasteiger partial charge on any atom is 0.417 e. The third-order valence-corrected chi connectivity index (χ3v) is 6.75. The number of pyridine rings is 1. The number of fused-ring (bicyclic) bond motifs is 1. The third kappa shape index (κ3) is 5.13. The largest absolute Gasteiger partial charge is 0.417 e. The van der Waals surface area contributed by atoms with Gasteiger partial charge >= 0.3 is 12.2 Å². The van der Waals surface area contributed by atoms with Gasteiger partial charge in [0, 0.05) is 36.9 Å². The minimum Gasteiger partial charge on any atom is -0.337 e. The Morgan fingerprint density at radius 3 is 2.70 bits per heavy atom. The number of hydrogen-bond donors (Lipinski definition) is 2. The van der Waals surface area contributed by atoms with Gasteiger partial charge in [0.2, 0.25) is 10.0 Å². The number of carbonyl (C=O) groups excluding carboxylic acids is 1. The number of sulfonamides is 1. The van der Waals surface area contributed by atoms with Gasteiger partial charge in [-0.05, 0) is 44.2 Å². The van der Waals surface area contributed by atoms with Gasteiger partial charge in [0.25, 0.3) is 0 Å². The van der Waals surface area contributed by atoms with E-state index in [0.29, 0.717) is 29.5 Å². The Morgan fingerprint density at radius 2 is 2.03 bits per heavy atom. The van der Waals surface area contributed by atoms with Crippen LogP contribution in [0.15, 0.2) is 24.5 Å². The molecule has 1 aliphatic rings. The highest BCUT2D eigenvalue weighted by atomic mass is 32.2. The first kappa shape index (κ1) is 23.1. The number of nitrogens with one attached hydrogen (secondary N) is 2. The minimum atomic E-state index is -4.51. The first-order valence-corrected chi connectivity index (χ1v) is 12.0. The summed E-state index contributed by atoms with van der Waals surface area (Å²) in [5.41, 5.74) is 0.578. The van der Waals surface area contributed by atoms with Crippen LogP contribution >= 0.6 is 0 Å². The van der Waals surface area contributed by atoms with Crippen LogP contribution in [0.25, 0.3) is 16.9 Å². The third-order valence-electron chi connectivity index (χ3n) is 5.51. The van der Waals surface area contributed by atoms with Gasteiger partial charge in [0.05, 0.1) is 17.0 Å². The molecule has 0 aliphatic heterocycles. The number of nitrogens with zero attached hydrogens (tertiary/aromatic N) is 4. The number of rotatable bonds is 7. The Morgan fingerprint density at radius 1 is 1.30 bits per heavy atom. The Bertz CT molecular complexity index is 1310. The smallest absolute Gasteiger partial charge is 0.337 e. The van der Waals surface area contributed by atoms with E-state index in [4.69, 9.17) is 0 Å². The van der Waals surface area contributed by atoms with E-state index in [1.807, 2.05) is 4.72 Å². The highest BCUT2D eigenvalue weighted by Gasteiger charge is 2.31. The lowest BCUT2D eigenvalue weighted by atomic mass is 10.2. The van der Waals surface area contributed by atoms with Crippen molar-refractivity contribution in [3.63, 3.8) is 0 Å². The quantitative estimate of drug-likeness (QED) is 0.536. The molecule has 3 aromatic rings. The van der Waals surface area contributed by atoms with Crippen molar-refractivity contribution in [3.8, 4) is 5.82 Å². The van der Waals surface area contributed by atoms with Crippen LogP contribution in [0, 0.1) is 12.8 Å². The van der Waals surface area contributed by atoms with Gasteiger partial charge in [0.15, 0.2) is 0 Å². The second-order valence-corrected chi connectivity index (χ2v) is 10.00. The molecule has 2 N–H and O–H groups in total. The van der Waals surface area contributed by atoms with Gasteiger partial charge in [-0.2, -0.15) is 18.3 Å². The van der Waals surface area contributed by atoms with E-state index in [2.05, 4.69) is 15.4 Å². The molecule has 3 aromatic heterocycles. The Hall–Kier alpha value is -3.09. The monoisotopic (exact) mass is 484 g/mol. The fourth-order valence-electron chi connectivity index (χ4n) is 3.66. The van der Waals surface area contributed by atoms with E-state index in [9.17, 15) is 26.4 Å². The maximum absolute atomic E-state index is 13.0. The van der Waals surface area contributed by atoms with Crippen LogP contribution in [0.3, 0.4) is 0 Å². The summed E-state index contributed by atoms with van der Waals surface area (Å²) >= 11 is 0. The number of hydrogen-bond acceptors (Lipinski definition) is 5. The summed E-state index contributed by atoms with van der Waals surface area (Å²) in [5, 5.41) is 7.17. The summed E-state index contributed by atoms with van der Waals surface area (Å²) in [5.74, 6) is 0.535. The number of aromatic nitrogens is 4. The first-order valence-electron chi connectivity index (χ1n) is 10.3. The maximum atomic E-state index is 13.0. The second kappa shape index (κ2) is 8.36. The van der Waals surface area contributed by atoms with Crippen molar-refractivity contribution in [2.45, 2.75) is 32.4 Å². The molecular weight excluding hydrogens is 461 g/mol. The molecule has 33 heavy (non-hydrogen) atoms. The standard InChI is InChI=1S/C20H23F3N6O3S/c1-12-16(6-8-33(31,32)27-19(30)25-10-13-3-4-13)18(28(2)26-12)29-7-5-14-9-15(20(21,22)23)11-24-17(14)29/h5,7,9,11,13H,3-4,6,8,10H2,1-2H3,(H2,25,27,30). The SMILES string of the molecule is Cc1nn(C)c(-n2ccc3cc(C(F)(F)F)cnc32)c1CCS(=O)(=O)NC(=O)NCC1CC1. The number of alkyl halides is 3. The van der Waals surface area contributed by atoms with Crippen molar-refractivity contribution >= 4 is 27.1 Å². The molecule has 0 aromatic carbocycles. The number of halogens is 3. The Kier molecular flexibility index (Phi) is 5.85. The normalized spacial score (nSPS) is 14.6. The molecule has 0 atom stereocenters. The number of amides is 2. The van der Waals surface area contributed by atoms with Crippen molar-refractivity contribution in [2.75, 3.05) is 12.3 Å². The van der Waals surface area contributed by atoms with Crippen molar-refractivity contribution in [3.05, 3.63) is 41.3 Å². The van der Waals surface area contributed by atoms with Gasteiger partial charge in [-0.15, -0.1) is 0 Å². The molecule has 2 amide bonds. The molecule has 0 spiro atoms. The average molecular weight is 485 g/mol. The fraction of sp³-hybridized carbons (Fsp3) is 0.450. The van der Waals surface area contributed by atoms with Crippen LogP contribution in [-0.2, 0) is 29.7 Å². The molecule has 13 heteroatoms. The van der Waals surface area contributed by atoms with Gasteiger partial charge in [-0.1, -0.05) is 0 Å². The summed E-state index contributed by atoms with van der Waals surface area (Å²) in [4.78, 5) is 15.8. The van der Waals surface area contributed by atoms with Crippen molar-refractivity contribution in [1.29, 1.82) is 0 Å². The summed E-state index contributed by atoms with van der Waals surface area (Å²) in [6.07, 6.45) is -0.0935. The zero-order valence-electron chi connectivity index (χ0n) is 18.0. The molecule has 0 radical (unpaired) electrons. The Labute approximate surface area is 188 Å². The van der Waals surface area contributed by atoms with E-state index >= 15 is 0 Å². The van der Waals surface area contributed by atoms with E-state index in [1.54, 1.807) is 24.7 Å². The van der Waals surface area contributed by atoms with E-state index < -0.39 is 27.8 Å². The minimum absolute atomic E-state index is 0.0422. The van der Waals surface area contributed by atoms with Crippen LogP contribution in [0.1, 0.15) is 29.7 Å². The average Bonchev–Trinajstić information content (AvgIpc) is 3.39. The topological polar surface area (TPSA) is 111 Å². The molecule has 3 heterocycles. The van der Waals surface area contributed by atoms with E-state index in [1.165, 1.54) is 10.7 Å². The second-order valence-electron chi connectivity index (χ2n) is 8.16. The molecule has 0 unspecified atom stereocenters. The molecule has 1 saturated carbocycles. The van der Waals surface area contributed by atoms with Crippen molar-refractivity contribution in [2.24, 2.45) is 13.0 Å². The molecule has 9 nitrogen and oxygen atoms in total. The van der Waals surface area contributed by atoms with E-state index in [0.717, 1.165) is 25.1 Å². The summed E-state index contributed by atoms with van der Waals surface area (Å²) in [6, 6.07) is 1.76. The summed E-state index contributed by atoms with van der Waals surface area (Å²) in [6.45, 7) is 2.15. The number of carbonyl (C=O) groups is 1. The van der Waals surface area contributed by atoms with Gasteiger partial charge in [-0.25, -0.2) is 22.9 Å². The zero-order chi connectivity index (χ0) is 24.0. The van der Waals surface area contributed by atoms with Crippen molar-refractivity contribution < 1.29 is 26.4 Å². The van der Waals surface area contributed by atoms with Crippen molar-refractivity contribution in [1.82, 2.24) is 29.4 Å². The Balaban J connectivity index is 1.56. The highest BCUT2D eigenvalue weighted by molar-refractivity contribution is 7.90. The lowest BCUT2D eigenvalue weighted by molar-refractivity contribution is -0.137. The molecule has 0 bridgehead atoms. The fourth-order valence-corrected chi connectivity index (χ4v) is 4.59. The molecule has 0 saturated heterocycles. The molecule has 1 fully saturated rings. The number of aryl methyl sites for hydroxylation is 2. The van der Waals surface area contributed by atoms with Crippen LogP contribution in [0.2, 0.25) is 0 Å². The molecule has 1 aliphatic carbocycles. The summed E-state index contributed by atoms with van der Waals surface area (Å²) in [7, 11) is -2.26. The molecular formula is C20H23F3N6O3S. The van der Waals surface area contributed by atoms with Crippen LogP contribution < -0.4 is 10.0 Å². The molecule has 4 rings (SSSR count). The summed E-state index contributed by atoms with van der Waals surface area (Å²) < 4.78 is 69.0. The predicted molar refractivity (Wildman–Crippen MR) is 114 cm³/mol. The molecule has 178 valence electrons. The van der Waals surface area contributed by atoms with Crippen LogP contribution in [0.5, 0.6) is 0 Å². The predicted octanol–water partition coefficient (Wildman–Crippen LogP) is 2.67. The lowest BCUT2D eigenvalue weighted by Crippen LogP contribution is -2.41. The van der Waals surface area contributed by atoms with Gasteiger partial charge in [0.1, 0.15) is 11.5 Å². The van der Waals surface area contributed by atoms with Gasteiger partial charge < -0.3 is 5.32 Å². The van der Waals surface area contributed by atoms with Gasteiger partial charge in [-0.3, -0.25) is 9.25 Å². The first-order chi connectivity index (χ1) is 15.4. The lowest BCUT2D eigenvalue weighted by Gasteiger charge is -2.11. The van der Waals surface area contributed by atoms with E-state index in [-0.39, 0.29) is 23.2 Å². The number of urea groups is 1. The van der Waals surface area contributed by atoms with Crippen LogP contribution in [-0.4, -0.2) is 46.1 Å². The zero-order valence-corrected chi connectivity index (χ0v) is 18.8. The highest BCUT2D eigenvalue weighted by Crippen LogP contribution is 2.32.